The van der Waals surface area contributed by atoms with Crippen LogP contribution in [-0.2, 0) is 6.18 Å². The number of carbonyl (C=O) groups is 1. The lowest BCUT2D eigenvalue weighted by atomic mass is 10.1. The van der Waals surface area contributed by atoms with Crippen LogP contribution >= 0.6 is 11.8 Å². The Kier molecular flexibility index (Phi) is 4.62. The quantitative estimate of drug-likeness (QED) is 0.791. The molecule has 0 bridgehead atoms. The summed E-state index contributed by atoms with van der Waals surface area (Å²) in [6.45, 7) is 3.26. The maximum absolute atomic E-state index is 13.2. The van der Waals surface area contributed by atoms with E-state index in [0.29, 0.717) is 24.6 Å². The third-order valence-corrected chi connectivity index (χ3v) is 4.77. The Morgan fingerprint density at radius 3 is 2.80 bits per heavy atom. The highest BCUT2D eigenvalue weighted by molar-refractivity contribution is 8.00. The Labute approximate surface area is 120 Å². The monoisotopic (exact) mass is 303 g/mol. The molecule has 1 atom stereocenters. The SMILES string of the molecule is CCC1CN(c2ccc(C=O)cc2C(F)(F)F)CCS1. The zero-order chi connectivity index (χ0) is 14.8. The molecule has 0 aliphatic carbocycles. The van der Waals surface area contributed by atoms with Gasteiger partial charge < -0.3 is 4.90 Å². The van der Waals surface area contributed by atoms with Gasteiger partial charge in [-0.15, -0.1) is 0 Å². The second kappa shape index (κ2) is 6.08. The summed E-state index contributed by atoms with van der Waals surface area (Å²) in [4.78, 5) is 12.5. The van der Waals surface area contributed by atoms with Crippen molar-refractivity contribution in [2.24, 2.45) is 0 Å². The van der Waals surface area contributed by atoms with Gasteiger partial charge in [0, 0.05) is 35.3 Å². The summed E-state index contributed by atoms with van der Waals surface area (Å²) in [6.07, 6.45) is -3.06. The first-order valence-electron chi connectivity index (χ1n) is 6.48. The maximum atomic E-state index is 13.2. The molecule has 1 aromatic rings. The Bertz CT molecular complexity index is 490. The van der Waals surface area contributed by atoms with Crippen LogP contribution in [0, 0.1) is 0 Å². The Morgan fingerprint density at radius 2 is 2.20 bits per heavy atom. The van der Waals surface area contributed by atoms with Gasteiger partial charge in [0.25, 0.3) is 0 Å². The molecule has 1 unspecified atom stereocenters. The van der Waals surface area contributed by atoms with Crippen molar-refractivity contribution < 1.29 is 18.0 Å². The van der Waals surface area contributed by atoms with Crippen molar-refractivity contribution in [2.45, 2.75) is 24.8 Å². The smallest absolute Gasteiger partial charge is 0.369 e. The van der Waals surface area contributed by atoms with Crippen LogP contribution in [0.15, 0.2) is 18.2 Å². The Balaban J connectivity index is 2.37. The minimum absolute atomic E-state index is 0.0551. The number of halogens is 3. The standard InChI is InChI=1S/C14H16F3NOS/c1-2-11-8-18(5-6-20-11)13-4-3-10(9-19)7-12(13)14(15,16)17/h3-4,7,9,11H,2,5-6,8H2,1H3. The number of anilines is 1. The fourth-order valence-electron chi connectivity index (χ4n) is 2.31. The molecular formula is C14H16F3NOS. The predicted molar refractivity (Wildman–Crippen MR) is 75.6 cm³/mol. The first kappa shape index (κ1) is 15.2. The van der Waals surface area contributed by atoms with Crippen LogP contribution in [0.5, 0.6) is 0 Å². The Hall–Kier alpha value is -1.17. The van der Waals surface area contributed by atoms with Crippen molar-refractivity contribution in [1.29, 1.82) is 0 Å². The normalized spacial score (nSPS) is 20.0. The second-order valence-corrected chi connectivity index (χ2v) is 6.15. The number of aldehydes is 1. The van der Waals surface area contributed by atoms with Gasteiger partial charge in [0.2, 0.25) is 0 Å². The molecule has 1 aliphatic heterocycles. The van der Waals surface area contributed by atoms with Crippen molar-refractivity contribution in [3.63, 3.8) is 0 Å². The topological polar surface area (TPSA) is 20.3 Å². The molecule has 0 radical (unpaired) electrons. The van der Waals surface area contributed by atoms with Gasteiger partial charge in [-0.3, -0.25) is 4.79 Å². The highest BCUT2D eigenvalue weighted by atomic mass is 32.2. The molecule has 0 spiro atoms. The van der Waals surface area contributed by atoms with Gasteiger partial charge in [-0.05, 0) is 24.6 Å². The molecule has 1 saturated heterocycles. The maximum Gasteiger partial charge on any atom is 0.418 e. The van der Waals surface area contributed by atoms with E-state index in [1.165, 1.54) is 12.1 Å². The highest BCUT2D eigenvalue weighted by Crippen LogP contribution is 2.38. The highest BCUT2D eigenvalue weighted by Gasteiger charge is 2.36. The predicted octanol–water partition coefficient (Wildman–Crippen LogP) is 3.85. The molecule has 0 amide bonds. The molecular weight excluding hydrogens is 287 g/mol. The van der Waals surface area contributed by atoms with Gasteiger partial charge in [0.05, 0.1) is 5.56 Å². The number of nitrogens with zero attached hydrogens (tertiary/aromatic N) is 1. The van der Waals surface area contributed by atoms with E-state index in [1.54, 1.807) is 16.7 Å². The second-order valence-electron chi connectivity index (χ2n) is 4.74. The van der Waals surface area contributed by atoms with E-state index in [9.17, 15) is 18.0 Å². The van der Waals surface area contributed by atoms with Crippen molar-refractivity contribution in [1.82, 2.24) is 0 Å². The molecule has 2 nitrogen and oxygen atoms in total. The van der Waals surface area contributed by atoms with E-state index in [4.69, 9.17) is 0 Å². The molecule has 1 aliphatic rings. The van der Waals surface area contributed by atoms with E-state index in [0.717, 1.165) is 18.2 Å². The lowest BCUT2D eigenvalue weighted by Crippen LogP contribution is -2.38. The summed E-state index contributed by atoms with van der Waals surface area (Å²) < 4.78 is 39.5. The molecule has 6 heteroatoms. The van der Waals surface area contributed by atoms with Gasteiger partial charge in [-0.2, -0.15) is 24.9 Å². The average molecular weight is 303 g/mol. The first-order valence-corrected chi connectivity index (χ1v) is 7.53. The van der Waals surface area contributed by atoms with E-state index in [1.807, 2.05) is 6.92 Å². The van der Waals surface area contributed by atoms with Gasteiger partial charge in [0.1, 0.15) is 6.29 Å². The van der Waals surface area contributed by atoms with Gasteiger partial charge in [0.15, 0.2) is 0 Å². The minimum Gasteiger partial charge on any atom is -0.369 e. The number of carbonyl (C=O) groups excluding carboxylic acids is 1. The number of thioether (sulfide) groups is 1. The van der Waals surface area contributed by atoms with Crippen LogP contribution in [0.2, 0.25) is 0 Å². The molecule has 110 valence electrons. The van der Waals surface area contributed by atoms with Gasteiger partial charge >= 0.3 is 6.18 Å². The lowest BCUT2D eigenvalue weighted by Gasteiger charge is -2.35. The number of benzene rings is 1. The van der Waals surface area contributed by atoms with Gasteiger partial charge in [-0.25, -0.2) is 0 Å². The number of hydrogen-bond donors (Lipinski definition) is 0. The largest absolute Gasteiger partial charge is 0.418 e. The summed E-state index contributed by atoms with van der Waals surface area (Å²) in [7, 11) is 0. The van der Waals surface area contributed by atoms with E-state index >= 15 is 0 Å². The van der Waals surface area contributed by atoms with Crippen molar-refractivity contribution in [3.05, 3.63) is 29.3 Å². The summed E-state index contributed by atoms with van der Waals surface area (Å²) in [5.74, 6) is 0.825. The molecule has 0 N–H and O–H groups in total. The molecule has 20 heavy (non-hydrogen) atoms. The molecule has 0 saturated carbocycles. The van der Waals surface area contributed by atoms with Crippen LogP contribution in [-0.4, -0.2) is 30.4 Å². The molecule has 1 heterocycles. The van der Waals surface area contributed by atoms with Crippen LogP contribution in [0.4, 0.5) is 18.9 Å². The Morgan fingerprint density at radius 1 is 1.45 bits per heavy atom. The number of rotatable bonds is 3. The fraction of sp³-hybridized carbons (Fsp3) is 0.500. The third kappa shape index (κ3) is 3.29. The first-order chi connectivity index (χ1) is 9.45. The zero-order valence-electron chi connectivity index (χ0n) is 11.1. The van der Waals surface area contributed by atoms with Crippen LogP contribution in [0.25, 0.3) is 0 Å². The lowest BCUT2D eigenvalue weighted by molar-refractivity contribution is -0.137. The van der Waals surface area contributed by atoms with E-state index in [-0.39, 0.29) is 11.3 Å². The fourth-order valence-corrected chi connectivity index (χ4v) is 3.50. The number of alkyl halides is 3. The van der Waals surface area contributed by atoms with Crippen LogP contribution < -0.4 is 4.90 Å². The zero-order valence-corrected chi connectivity index (χ0v) is 11.9. The molecule has 0 aromatic heterocycles. The summed E-state index contributed by atoms with van der Waals surface area (Å²) in [6, 6.07) is 3.79. The van der Waals surface area contributed by atoms with Gasteiger partial charge in [-0.1, -0.05) is 6.92 Å². The third-order valence-electron chi connectivity index (χ3n) is 3.40. The summed E-state index contributed by atoms with van der Waals surface area (Å²) in [5, 5.41) is 0.357. The summed E-state index contributed by atoms with van der Waals surface area (Å²) in [5.41, 5.74) is -0.481. The van der Waals surface area contributed by atoms with E-state index in [2.05, 4.69) is 0 Å². The molecule has 1 aromatic carbocycles. The van der Waals surface area contributed by atoms with E-state index < -0.39 is 11.7 Å². The van der Waals surface area contributed by atoms with Crippen molar-refractivity contribution in [2.75, 3.05) is 23.7 Å². The van der Waals surface area contributed by atoms with Crippen molar-refractivity contribution >= 4 is 23.7 Å². The number of hydrogen-bond acceptors (Lipinski definition) is 3. The molecule has 2 rings (SSSR count). The van der Waals surface area contributed by atoms with Crippen LogP contribution in [0.3, 0.4) is 0 Å². The summed E-state index contributed by atoms with van der Waals surface area (Å²) >= 11 is 1.80. The molecule has 1 fully saturated rings. The average Bonchev–Trinajstić information content (AvgIpc) is 2.45. The minimum atomic E-state index is -4.44. The van der Waals surface area contributed by atoms with Crippen molar-refractivity contribution in [3.8, 4) is 0 Å². The van der Waals surface area contributed by atoms with Crippen LogP contribution in [0.1, 0.15) is 29.3 Å².